The van der Waals surface area contributed by atoms with Crippen molar-refractivity contribution in [3.63, 3.8) is 0 Å². The lowest BCUT2D eigenvalue weighted by Gasteiger charge is -2.28. The number of rotatable bonds is 3. The third-order valence-corrected chi connectivity index (χ3v) is 5.06. The van der Waals surface area contributed by atoms with Crippen LogP contribution in [0.25, 0.3) is 0 Å². The molecule has 0 bridgehead atoms. The van der Waals surface area contributed by atoms with Crippen LogP contribution in [0, 0.1) is 11.6 Å². The van der Waals surface area contributed by atoms with Crippen LogP contribution in [-0.4, -0.2) is 21.2 Å². The van der Waals surface area contributed by atoms with E-state index in [0.717, 1.165) is 31.2 Å². The van der Waals surface area contributed by atoms with Crippen molar-refractivity contribution in [2.45, 2.75) is 36.0 Å². The summed E-state index contributed by atoms with van der Waals surface area (Å²) in [5.41, 5.74) is 5.39. The van der Waals surface area contributed by atoms with Crippen LogP contribution in [0.2, 0.25) is 0 Å². The Morgan fingerprint density at radius 3 is 2.26 bits per heavy atom. The highest BCUT2D eigenvalue weighted by Crippen LogP contribution is 2.42. The molecule has 2 rings (SSSR count). The molecule has 0 amide bonds. The van der Waals surface area contributed by atoms with Crippen molar-refractivity contribution in [2.24, 2.45) is 5.73 Å². The molecule has 0 heterocycles. The van der Waals surface area contributed by atoms with Gasteiger partial charge in [0.05, 0.1) is 0 Å². The molecule has 1 aliphatic rings. The molecule has 6 heteroatoms. The van der Waals surface area contributed by atoms with Crippen molar-refractivity contribution in [1.29, 1.82) is 0 Å². The highest BCUT2D eigenvalue weighted by molar-refractivity contribution is 7.90. The Morgan fingerprint density at radius 1 is 1.21 bits per heavy atom. The van der Waals surface area contributed by atoms with Crippen molar-refractivity contribution in [2.75, 3.05) is 12.8 Å². The van der Waals surface area contributed by atoms with Crippen LogP contribution in [0.15, 0.2) is 17.0 Å². The average molecular weight is 289 g/mol. The number of benzene rings is 1. The molecule has 1 saturated carbocycles. The zero-order valence-electron chi connectivity index (χ0n) is 10.7. The normalized spacial score (nSPS) is 18.7. The zero-order valence-corrected chi connectivity index (χ0v) is 11.6. The van der Waals surface area contributed by atoms with E-state index in [4.69, 9.17) is 5.73 Å². The van der Waals surface area contributed by atoms with Crippen LogP contribution in [-0.2, 0) is 15.3 Å². The number of nitrogens with two attached hydrogens (primary N) is 1. The molecule has 1 aromatic rings. The first-order valence-electron chi connectivity index (χ1n) is 6.20. The standard InChI is InChI=1S/C13H17F2NO2S/c1-19(17,18)12-7-10(14)9(6-11(12)15)13(8-16)4-2-3-5-13/h6-7H,2-5,8,16H2,1H3. The number of hydrogen-bond donors (Lipinski definition) is 1. The lowest BCUT2D eigenvalue weighted by Crippen LogP contribution is -2.33. The first-order valence-corrected chi connectivity index (χ1v) is 8.09. The molecule has 19 heavy (non-hydrogen) atoms. The third kappa shape index (κ3) is 2.51. The molecule has 0 spiro atoms. The Balaban J connectivity index is 2.58. The van der Waals surface area contributed by atoms with E-state index < -0.39 is 31.8 Å². The molecule has 1 aromatic carbocycles. The topological polar surface area (TPSA) is 60.2 Å². The van der Waals surface area contributed by atoms with E-state index in [-0.39, 0.29) is 12.1 Å². The van der Waals surface area contributed by atoms with E-state index in [1.165, 1.54) is 0 Å². The van der Waals surface area contributed by atoms with Crippen LogP contribution in [0.1, 0.15) is 31.2 Å². The first-order chi connectivity index (χ1) is 8.80. The van der Waals surface area contributed by atoms with Crippen LogP contribution in [0.3, 0.4) is 0 Å². The molecule has 0 radical (unpaired) electrons. The molecular weight excluding hydrogens is 272 g/mol. The summed E-state index contributed by atoms with van der Waals surface area (Å²) in [6.07, 6.45) is 4.12. The summed E-state index contributed by atoms with van der Waals surface area (Å²) in [6.45, 7) is 0.238. The largest absolute Gasteiger partial charge is 0.330 e. The summed E-state index contributed by atoms with van der Waals surface area (Å²) in [4.78, 5) is -0.598. The minimum Gasteiger partial charge on any atom is -0.330 e. The summed E-state index contributed by atoms with van der Waals surface area (Å²) >= 11 is 0. The predicted octanol–water partition coefficient (Wildman–Crippen LogP) is 2.14. The Kier molecular flexibility index (Phi) is 3.66. The van der Waals surface area contributed by atoms with Gasteiger partial charge in [0, 0.05) is 18.2 Å². The number of halogens is 2. The van der Waals surface area contributed by atoms with E-state index in [1.54, 1.807) is 0 Å². The van der Waals surface area contributed by atoms with Gasteiger partial charge < -0.3 is 5.73 Å². The minimum absolute atomic E-state index is 0.206. The van der Waals surface area contributed by atoms with Gasteiger partial charge in [-0.25, -0.2) is 17.2 Å². The highest BCUT2D eigenvalue weighted by atomic mass is 32.2. The Bertz CT molecular complexity index is 593. The molecule has 0 aromatic heterocycles. The maximum Gasteiger partial charge on any atom is 0.178 e. The van der Waals surface area contributed by atoms with Gasteiger partial charge in [-0.05, 0) is 30.5 Å². The average Bonchev–Trinajstić information content (AvgIpc) is 2.80. The molecule has 3 nitrogen and oxygen atoms in total. The first kappa shape index (κ1) is 14.4. The highest BCUT2D eigenvalue weighted by Gasteiger charge is 2.37. The van der Waals surface area contributed by atoms with Gasteiger partial charge in [-0.15, -0.1) is 0 Å². The van der Waals surface area contributed by atoms with Gasteiger partial charge in [0.15, 0.2) is 9.84 Å². The van der Waals surface area contributed by atoms with Crippen molar-refractivity contribution in [3.05, 3.63) is 29.3 Å². The van der Waals surface area contributed by atoms with Gasteiger partial charge in [0.25, 0.3) is 0 Å². The fourth-order valence-electron chi connectivity index (χ4n) is 2.85. The smallest absolute Gasteiger partial charge is 0.178 e. The van der Waals surface area contributed by atoms with Crippen LogP contribution in [0.4, 0.5) is 8.78 Å². The molecule has 0 aliphatic heterocycles. The Hall–Kier alpha value is -1.01. The van der Waals surface area contributed by atoms with Crippen LogP contribution < -0.4 is 5.73 Å². The van der Waals surface area contributed by atoms with E-state index in [9.17, 15) is 17.2 Å². The number of hydrogen-bond acceptors (Lipinski definition) is 3. The fourth-order valence-corrected chi connectivity index (χ4v) is 3.59. The maximum atomic E-state index is 14.2. The van der Waals surface area contributed by atoms with Crippen molar-refractivity contribution in [1.82, 2.24) is 0 Å². The second-order valence-corrected chi connectivity index (χ2v) is 7.21. The van der Waals surface area contributed by atoms with Crippen molar-refractivity contribution >= 4 is 9.84 Å². The van der Waals surface area contributed by atoms with Gasteiger partial charge in [0.1, 0.15) is 16.5 Å². The van der Waals surface area contributed by atoms with E-state index in [1.807, 2.05) is 0 Å². The summed E-state index contributed by atoms with van der Waals surface area (Å²) in [7, 11) is -3.77. The summed E-state index contributed by atoms with van der Waals surface area (Å²) in [5.74, 6) is -1.59. The molecule has 0 atom stereocenters. The molecule has 1 fully saturated rings. The zero-order chi connectivity index (χ0) is 14.3. The number of sulfone groups is 1. The summed E-state index contributed by atoms with van der Waals surface area (Å²) in [5, 5.41) is 0. The SMILES string of the molecule is CS(=O)(=O)c1cc(F)c(C2(CN)CCCC2)cc1F. The Morgan fingerprint density at radius 2 is 1.79 bits per heavy atom. The summed E-state index contributed by atoms with van der Waals surface area (Å²) in [6, 6.07) is 1.78. The van der Waals surface area contributed by atoms with Gasteiger partial charge >= 0.3 is 0 Å². The lowest BCUT2D eigenvalue weighted by atomic mass is 9.78. The van der Waals surface area contributed by atoms with Crippen LogP contribution >= 0.6 is 0 Å². The van der Waals surface area contributed by atoms with Gasteiger partial charge in [0.2, 0.25) is 0 Å². The molecule has 2 N–H and O–H groups in total. The van der Waals surface area contributed by atoms with E-state index in [2.05, 4.69) is 0 Å². The predicted molar refractivity (Wildman–Crippen MR) is 68.7 cm³/mol. The quantitative estimate of drug-likeness (QED) is 0.927. The second kappa shape index (κ2) is 4.83. The Labute approximate surface area is 111 Å². The molecule has 106 valence electrons. The summed E-state index contributed by atoms with van der Waals surface area (Å²) < 4.78 is 50.8. The maximum absolute atomic E-state index is 14.2. The van der Waals surface area contributed by atoms with Crippen molar-refractivity contribution in [3.8, 4) is 0 Å². The van der Waals surface area contributed by atoms with Crippen LogP contribution in [0.5, 0.6) is 0 Å². The fraction of sp³-hybridized carbons (Fsp3) is 0.538. The van der Waals surface area contributed by atoms with Crippen molar-refractivity contribution < 1.29 is 17.2 Å². The van der Waals surface area contributed by atoms with E-state index >= 15 is 0 Å². The minimum atomic E-state index is -3.77. The van der Waals surface area contributed by atoms with Gasteiger partial charge in [-0.2, -0.15) is 0 Å². The molecular formula is C13H17F2NO2S. The molecule has 0 unspecified atom stereocenters. The third-order valence-electron chi connectivity index (χ3n) is 3.94. The van der Waals surface area contributed by atoms with E-state index in [0.29, 0.717) is 12.8 Å². The van der Waals surface area contributed by atoms with Gasteiger partial charge in [-0.3, -0.25) is 0 Å². The second-order valence-electron chi connectivity index (χ2n) is 5.23. The lowest BCUT2D eigenvalue weighted by molar-refractivity contribution is 0.419. The van der Waals surface area contributed by atoms with Gasteiger partial charge in [-0.1, -0.05) is 12.8 Å². The molecule has 0 saturated heterocycles. The monoisotopic (exact) mass is 289 g/mol. The molecule has 1 aliphatic carbocycles.